The third-order valence-electron chi connectivity index (χ3n) is 2.78. The quantitative estimate of drug-likeness (QED) is 0.854. The highest BCUT2D eigenvalue weighted by molar-refractivity contribution is 5.96. The smallest absolute Gasteiger partial charge is 0.325 e. The highest BCUT2D eigenvalue weighted by Gasteiger charge is 2.17. The molecule has 0 bridgehead atoms. The van der Waals surface area contributed by atoms with Crippen LogP contribution in [0.2, 0.25) is 0 Å². The van der Waals surface area contributed by atoms with Crippen molar-refractivity contribution in [1.82, 2.24) is 10.3 Å². The van der Waals surface area contributed by atoms with Crippen LogP contribution >= 0.6 is 0 Å². The summed E-state index contributed by atoms with van der Waals surface area (Å²) in [5.74, 6) is 0.0225. The van der Waals surface area contributed by atoms with Crippen molar-refractivity contribution in [2.24, 2.45) is 0 Å². The van der Waals surface area contributed by atoms with Crippen LogP contribution in [0.1, 0.15) is 31.1 Å². The summed E-state index contributed by atoms with van der Waals surface area (Å²) in [5.41, 5.74) is -0.241. The van der Waals surface area contributed by atoms with Gasteiger partial charge in [0.05, 0.1) is 0 Å². The van der Waals surface area contributed by atoms with Crippen molar-refractivity contribution in [3.8, 4) is 11.6 Å². The SMILES string of the molecule is CC(C)(C)OC(=O)CNC(=O)c1ccnc(Oc2ccccc2)c1. The predicted molar refractivity (Wildman–Crippen MR) is 88.9 cm³/mol. The minimum absolute atomic E-state index is 0.201. The molecule has 1 aromatic heterocycles. The van der Waals surface area contributed by atoms with Gasteiger partial charge in [-0.2, -0.15) is 0 Å². The predicted octanol–water partition coefficient (Wildman–Crippen LogP) is 2.95. The summed E-state index contributed by atoms with van der Waals surface area (Å²) in [6.07, 6.45) is 1.47. The van der Waals surface area contributed by atoms with Crippen LogP contribution in [0.5, 0.6) is 11.6 Å². The Morgan fingerprint density at radius 3 is 2.50 bits per heavy atom. The summed E-state index contributed by atoms with van der Waals surface area (Å²) < 4.78 is 10.7. The van der Waals surface area contributed by atoms with Crippen molar-refractivity contribution >= 4 is 11.9 Å². The first-order chi connectivity index (χ1) is 11.3. The molecule has 2 rings (SSSR count). The Labute approximate surface area is 140 Å². The third kappa shape index (κ3) is 5.72. The van der Waals surface area contributed by atoms with E-state index in [9.17, 15) is 9.59 Å². The van der Waals surface area contributed by atoms with Gasteiger partial charge in [0.15, 0.2) is 0 Å². The molecule has 0 saturated carbocycles. The number of nitrogens with zero attached hydrogens (tertiary/aromatic N) is 1. The maximum Gasteiger partial charge on any atom is 0.325 e. The summed E-state index contributed by atoms with van der Waals surface area (Å²) in [6, 6.07) is 12.2. The lowest BCUT2D eigenvalue weighted by molar-refractivity contribution is -0.153. The van der Waals surface area contributed by atoms with Gasteiger partial charge in [0.25, 0.3) is 5.91 Å². The molecule has 1 N–H and O–H groups in total. The van der Waals surface area contributed by atoms with Gasteiger partial charge < -0.3 is 14.8 Å². The van der Waals surface area contributed by atoms with Gasteiger partial charge in [0.2, 0.25) is 5.88 Å². The molecule has 1 heterocycles. The molecule has 0 aliphatic heterocycles. The lowest BCUT2D eigenvalue weighted by Crippen LogP contribution is -2.34. The highest BCUT2D eigenvalue weighted by Crippen LogP contribution is 2.19. The second-order valence-electron chi connectivity index (χ2n) is 6.07. The normalized spacial score (nSPS) is 10.8. The largest absolute Gasteiger partial charge is 0.459 e. The highest BCUT2D eigenvalue weighted by atomic mass is 16.6. The second-order valence-corrected chi connectivity index (χ2v) is 6.07. The van der Waals surface area contributed by atoms with Crippen LogP contribution in [0.25, 0.3) is 0 Å². The second kappa shape index (κ2) is 7.59. The number of para-hydroxylation sites is 1. The number of hydrogen-bond donors (Lipinski definition) is 1. The molecule has 126 valence electrons. The lowest BCUT2D eigenvalue weighted by atomic mass is 10.2. The van der Waals surface area contributed by atoms with E-state index in [0.29, 0.717) is 17.2 Å². The van der Waals surface area contributed by atoms with E-state index in [4.69, 9.17) is 9.47 Å². The molecule has 0 fully saturated rings. The minimum Gasteiger partial charge on any atom is -0.459 e. The number of esters is 1. The molecule has 0 radical (unpaired) electrons. The standard InChI is InChI=1S/C18H20N2O4/c1-18(2,3)24-16(21)12-20-17(22)13-9-10-19-15(11-13)23-14-7-5-4-6-8-14/h4-11H,12H2,1-3H3,(H,20,22). The van der Waals surface area contributed by atoms with Gasteiger partial charge in [0.1, 0.15) is 17.9 Å². The Bertz CT molecular complexity index is 708. The van der Waals surface area contributed by atoms with Gasteiger partial charge in [-0.1, -0.05) is 18.2 Å². The van der Waals surface area contributed by atoms with E-state index in [1.165, 1.54) is 12.3 Å². The van der Waals surface area contributed by atoms with E-state index in [0.717, 1.165) is 0 Å². The Balaban J connectivity index is 1.95. The molecular weight excluding hydrogens is 308 g/mol. The van der Waals surface area contributed by atoms with Crippen LogP contribution in [-0.4, -0.2) is 29.0 Å². The minimum atomic E-state index is -0.588. The molecule has 0 atom stereocenters. The molecule has 0 aliphatic carbocycles. The van der Waals surface area contributed by atoms with Gasteiger partial charge >= 0.3 is 5.97 Å². The molecule has 1 aromatic carbocycles. The molecule has 6 nitrogen and oxygen atoms in total. The number of rotatable bonds is 5. The fourth-order valence-corrected chi connectivity index (χ4v) is 1.85. The monoisotopic (exact) mass is 328 g/mol. The van der Waals surface area contributed by atoms with Gasteiger partial charge in [-0.15, -0.1) is 0 Å². The maximum atomic E-state index is 12.1. The van der Waals surface area contributed by atoms with Crippen LogP contribution in [0.15, 0.2) is 48.7 Å². The number of pyridine rings is 1. The van der Waals surface area contributed by atoms with Crippen molar-refractivity contribution in [3.63, 3.8) is 0 Å². The number of amides is 1. The average molecular weight is 328 g/mol. The Morgan fingerprint density at radius 2 is 1.83 bits per heavy atom. The molecule has 0 aliphatic rings. The first-order valence-corrected chi connectivity index (χ1v) is 7.52. The van der Waals surface area contributed by atoms with Crippen molar-refractivity contribution in [2.45, 2.75) is 26.4 Å². The molecule has 1 amide bonds. The molecule has 6 heteroatoms. The first-order valence-electron chi connectivity index (χ1n) is 7.52. The molecule has 24 heavy (non-hydrogen) atoms. The van der Waals surface area contributed by atoms with Crippen LogP contribution in [0.4, 0.5) is 0 Å². The van der Waals surface area contributed by atoms with Crippen molar-refractivity contribution in [3.05, 3.63) is 54.2 Å². The molecule has 0 saturated heterocycles. The van der Waals surface area contributed by atoms with E-state index in [2.05, 4.69) is 10.3 Å². The fourth-order valence-electron chi connectivity index (χ4n) is 1.85. The molecular formula is C18H20N2O4. The average Bonchev–Trinajstić information content (AvgIpc) is 2.52. The Morgan fingerprint density at radius 1 is 1.12 bits per heavy atom. The summed E-state index contributed by atoms with van der Waals surface area (Å²) in [6.45, 7) is 5.10. The third-order valence-corrected chi connectivity index (χ3v) is 2.78. The Kier molecular flexibility index (Phi) is 5.52. The number of nitrogens with one attached hydrogen (secondary N) is 1. The van der Waals surface area contributed by atoms with E-state index < -0.39 is 17.5 Å². The lowest BCUT2D eigenvalue weighted by Gasteiger charge is -2.19. The molecule has 0 spiro atoms. The van der Waals surface area contributed by atoms with Crippen molar-refractivity contribution in [2.75, 3.05) is 6.54 Å². The fraction of sp³-hybridized carbons (Fsp3) is 0.278. The zero-order valence-corrected chi connectivity index (χ0v) is 13.9. The van der Waals surface area contributed by atoms with Crippen LogP contribution in [0.3, 0.4) is 0 Å². The van der Waals surface area contributed by atoms with Gasteiger partial charge in [0, 0.05) is 17.8 Å². The van der Waals surface area contributed by atoms with Crippen LogP contribution < -0.4 is 10.1 Å². The zero-order chi connectivity index (χ0) is 17.6. The van der Waals surface area contributed by atoms with Crippen molar-refractivity contribution in [1.29, 1.82) is 0 Å². The number of hydrogen-bond acceptors (Lipinski definition) is 5. The summed E-state index contributed by atoms with van der Waals surface area (Å²) >= 11 is 0. The molecule has 2 aromatic rings. The van der Waals surface area contributed by atoms with E-state index >= 15 is 0 Å². The first kappa shape index (κ1) is 17.5. The van der Waals surface area contributed by atoms with Crippen molar-refractivity contribution < 1.29 is 19.1 Å². The van der Waals surface area contributed by atoms with Crippen LogP contribution in [0, 0.1) is 0 Å². The van der Waals surface area contributed by atoms with E-state index in [-0.39, 0.29) is 6.54 Å². The zero-order valence-electron chi connectivity index (χ0n) is 13.9. The Hall–Kier alpha value is -2.89. The maximum absolute atomic E-state index is 12.1. The number of carbonyl (C=O) groups excluding carboxylic acids is 2. The topological polar surface area (TPSA) is 77.5 Å². The number of carbonyl (C=O) groups is 2. The number of ether oxygens (including phenoxy) is 2. The van der Waals surface area contributed by atoms with Gasteiger partial charge in [-0.05, 0) is 39.0 Å². The van der Waals surface area contributed by atoms with E-state index in [1.54, 1.807) is 39.0 Å². The summed E-state index contributed by atoms with van der Waals surface area (Å²) in [7, 11) is 0. The van der Waals surface area contributed by atoms with E-state index in [1.807, 2.05) is 18.2 Å². The number of benzene rings is 1. The number of aromatic nitrogens is 1. The summed E-state index contributed by atoms with van der Waals surface area (Å²) in [5, 5.41) is 2.52. The van der Waals surface area contributed by atoms with Crippen LogP contribution in [-0.2, 0) is 9.53 Å². The van der Waals surface area contributed by atoms with Gasteiger partial charge in [-0.3, -0.25) is 9.59 Å². The van der Waals surface area contributed by atoms with Gasteiger partial charge in [-0.25, -0.2) is 4.98 Å². The molecule has 0 unspecified atom stereocenters. The summed E-state index contributed by atoms with van der Waals surface area (Å²) in [4.78, 5) is 27.8.